The van der Waals surface area contributed by atoms with Crippen LogP contribution in [0.15, 0.2) is 24.3 Å². The Labute approximate surface area is 141 Å². The van der Waals surface area contributed by atoms with Crippen molar-refractivity contribution in [3.05, 3.63) is 35.6 Å². The van der Waals surface area contributed by atoms with E-state index in [2.05, 4.69) is 10.6 Å². The lowest BCUT2D eigenvalue weighted by Gasteiger charge is -2.16. The average Bonchev–Trinajstić information content (AvgIpc) is 2.49. The summed E-state index contributed by atoms with van der Waals surface area (Å²) in [5.74, 6) is -1.26. The summed E-state index contributed by atoms with van der Waals surface area (Å²) in [4.78, 5) is 23.2. The minimum absolute atomic E-state index is 0. The van der Waals surface area contributed by atoms with Gasteiger partial charge < -0.3 is 21.5 Å². The van der Waals surface area contributed by atoms with Gasteiger partial charge in [-0.05, 0) is 23.6 Å². The minimum atomic E-state index is -0.946. The van der Waals surface area contributed by atoms with Crippen molar-refractivity contribution < 1.29 is 19.1 Å². The number of carbonyl (C=O) groups excluding carboxylic acids is 2. The largest absolute Gasteiger partial charge is 0.387 e. The van der Waals surface area contributed by atoms with Gasteiger partial charge in [-0.25, -0.2) is 4.39 Å². The highest BCUT2D eigenvalue weighted by atomic mass is 35.5. The Bertz CT molecular complexity index is 511. The second kappa shape index (κ2) is 10.1. The summed E-state index contributed by atoms with van der Waals surface area (Å²) in [6.07, 6.45) is -0.946. The van der Waals surface area contributed by atoms with Gasteiger partial charge in [-0.3, -0.25) is 9.59 Å². The van der Waals surface area contributed by atoms with E-state index in [0.717, 1.165) is 0 Å². The number of benzene rings is 1. The fourth-order valence-corrected chi connectivity index (χ4v) is 1.66. The van der Waals surface area contributed by atoms with Gasteiger partial charge in [0.25, 0.3) is 0 Å². The lowest BCUT2D eigenvalue weighted by molar-refractivity contribution is -0.127. The quantitative estimate of drug-likeness (QED) is 0.576. The van der Waals surface area contributed by atoms with E-state index >= 15 is 0 Å². The maximum absolute atomic E-state index is 12.8. The SMILES string of the molecule is CC(C)[C@H](N)C(=O)NCC(=O)NCC(O)c1ccc(F)cc1.Cl. The smallest absolute Gasteiger partial charge is 0.239 e. The zero-order chi connectivity index (χ0) is 16.7. The number of hydrogen-bond donors (Lipinski definition) is 4. The molecule has 2 amide bonds. The summed E-state index contributed by atoms with van der Waals surface area (Å²) in [7, 11) is 0. The highest BCUT2D eigenvalue weighted by Crippen LogP contribution is 2.12. The van der Waals surface area contributed by atoms with Crippen LogP contribution >= 0.6 is 12.4 Å². The molecular formula is C15H23ClFN3O3. The molecule has 0 spiro atoms. The van der Waals surface area contributed by atoms with Crippen LogP contribution in [-0.4, -0.2) is 36.1 Å². The van der Waals surface area contributed by atoms with E-state index in [0.29, 0.717) is 5.56 Å². The number of halogens is 2. The lowest BCUT2D eigenvalue weighted by atomic mass is 10.1. The van der Waals surface area contributed by atoms with Crippen LogP contribution in [0.3, 0.4) is 0 Å². The molecule has 1 unspecified atom stereocenters. The van der Waals surface area contributed by atoms with E-state index in [9.17, 15) is 19.1 Å². The summed E-state index contributed by atoms with van der Waals surface area (Å²) < 4.78 is 12.8. The zero-order valence-corrected chi connectivity index (χ0v) is 13.9. The number of hydrogen-bond acceptors (Lipinski definition) is 4. The van der Waals surface area contributed by atoms with Gasteiger partial charge in [0, 0.05) is 6.54 Å². The summed E-state index contributed by atoms with van der Waals surface area (Å²) in [5.41, 5.74) is 6.14. The van der Waals surface area contributed by atoms with Gasteiger partial charge in [0.2, 0.25) is 11.8 Å². The second-order valence-corrected chi connectivity index (χ2v) is 5.36. The third kappa shape index (κ3) is 7.40. The predicted molar refractivity (Wildman–Crippen MR) is 87.4 cm³/mol. The predicted octanol–water partition coefficient (Wildman–Crippen LogP) is 0.497. The van der Waals surface area contributed by atoms with E-state index < -0.39 is 29.8 Å². The molecule has 0 radical (unpaired) electrons. The molecule has 1 aromatic carbocycles. The van der Waals surface area contributed by atoms with E-state index in [-0.39, 0.29) is 31.4 Å². The van der Waals surface area contributed by atoms with Crippen molar-refractivity contribution in [1.29, 1.82) is 0 Å². The van der Waals surface area contributed by atoms with Gasteiger partial charge in [0.05, 0.1) is 18.7 Å². The molecule has 2 atom stereocenters. The Kier molecular flexibility index (Phi) is 9.40. The van der Waals surface area contributed by atoms with E-state index in [1.54, 1.807) is 0 Å². The fraction of sp³-hybridized carbons (Fsp3) is 0.467. The van der Waals surface area contributed by atoms with Crippen molar-refractivity contribution in [3.8, 4) is 0 Å². The van der Waals surface area contributed by atoms with Gasteiger partial charge in [-0.2, -0.15) is 0 Å². The number of rotatable bonds is 7. The summed E-state index contributed by atoms with van der Waals surface area (Å²) in [5, 5.41) is 14.8. The maximum atomic E-state index is 12.8. The van der Waals surface area contributed by atoms with Gasteiger partial charge >= 0.3 is 0 Å². The molecule has 0 aliphatic carbocycles. The van der Waals surface area contributed by atoms with Gasteiger partial charge in [-0.15, -0.1) is 12.4 Å². The van der Waals surface area contributed by atoms with Crippen LogP contribution in [0.25, 0.3) is 0 Å². The summed E-state index contributed by atoms with van der Waals surface area (Å²) in [6, 6.07) is 4.67. The van der Waals surface area contributed by atoms with Gasteiger partial charge in [0.1, 0.15) is 5.82 Å². The number of carbonyl (C=O) groups is 2. The molecule has 1 aromatic rings. The first-order valence-corrected chi connectivity index (χ1v) is 7.04. The Balaban J connectivity index is 0.00000484. The monoisotopic (exact) mass is 347 g/mol. The van der Waals surface area contributed by atoms with Crippen molar-refractivity contribution in [2.75, 3.05) is 13.1 Å². The normalized spacial score (nSPS) is 13.0. The van der Waals surface area contributed by atoms with Crippen molar-refractivity contribution in [1.82, 2.24) is 10.6 Å². The van der Waals surface area contributed by atoms with E-state index in [1.165, 1.54) is 24.3 Å². The third-order valence-electron chi connectivity index (χ3n) is 3.19. The van der Waals surface area contributed by atoms with Crippen molar-refractivity contribution in [2.45, 2.75) is 26.0 Å². The van der Waals surface area contributed by atoms with E-state index in [4.69, 9.17) is 5.73 Å². The highest BCUT2D eigenvalue weighted by molar-refractivity contribution is 5.87. The number of aliphatic hydroxyl groups excluding tert-OH is 1. The molecule has 0 heterocycles. The first-order chi connectivity index (χ1) is 10.3. The Morgan fingerprint density at radius 3 is 2.30 bits per heavy atom. The maximum Gasteiger partial charge on any atom is 0.239 e. The molecule has 5 N–H and O–H groups in total. The number of nitrogens with two attached hydrogens (primary N) is 1. The Morgan fingerprint density at radius 2 is 1.78 bits per heavy atom. The molecule has 0 saturated carbocycles. The van der Waals surface area contributed by atoms with Crippen LogP contribution in [-0.2, 0) is 9.59 Å². The molecule has 0 bridgehead atoms. The van der Waals surface area contributed by atoms with Gasteiger partial charge in [0.15, 0.2) is 0 Å². The number of nitrogens with one attached hydrogen (secondary N) is 2. The fourth-order valence-electron chi connectivity index (χ4n) is 1.66. The minimum Gasteiger partial charge on any atom is -0.387 e. The van der Waals surface area contributed by atoms with Crippen LogP contribution < -0.4 is 16.4 Å². The van der Waals surface area contributed by atoms with Crippen LogP contribution in [0.2, 0.25) is 0 Å². The molecule has 0 aliphatic rings. The molecule has 0 fully saturated rings. The van der Waals surface area contributed by atoms with Crippen LogP contribution in [0, 0.1) is 11.7 Å². The molecule has 6 nitrogen and oxygen atoms in total. The molecule has 0 aliphatic heterocycles. The van der Waals surface area contributed by atoms with Crippen molar-refractivity contribution >= 4 is 24.2 Å². The Morgan fingerprint density at radius 1 is 1.22 bits per heavy atom. The summed E-state index contributed by atoms with van der Waals surface area (Å²) in [6.45, 7) is 3.37. The van der Waals surface area contributed by atoms with Crippen molar-refractivity contribution in [2.24, 2.45) is 11.7 Å². The number of amides is 2. The van der Waals surface area contributed by atoms with E-state index in [1.807, 2.05) is 13.8 Å². The third-order valence-corrected chi connectivity index (χ3v) is 3.19. The first kappa shape index (κ1) is 21.3. The average molecular weight is 348 g/mol. The van der Waals surface area contributed by atoms with Crippen LogP contribution in [0.1, 0.15) is 25.5 Å². The standard InChI is InChI=1S/C15H22FN3O3.ClH/c1-9(2)14(17)15(22)19-8-13(21)18-7-12(20)10-3-5-11(16)6-4-10;/h3-6,9,12,14,20H,7-8,17H2,1-2H3,(H,18,21)(H,19,22);1H/t12?,14-;/m0./s1. The topological polar surface area (TPSA) is 104 Å². The molecule has 130 valence electrons. The van der Waals surface area contributed by atoms with Crippen molar-refractivity contribution in [3.63, 3.8) is 0 Å². The van der Waals surface area contributed by atoms with Crippen LogP contribution in [0.5, 0.6) is 0 Å². The molecule has 8 heteroatoms. The lowest BCUT2D eigenvalue weighted by Crippen LogP contribution is -2.47. The Hall–Kier alpha value is -1.70. The van der Waals surface area contributed by atoms with Gasteiger partial charge in [-0.1, -0.05) is 26.0 Å². The second-order valence-electron chi connectivity index (χ2n) is 5.36. The summed E-state index contributed by atoms with van der Waals surface area (Å²) >= 11 is 0. The zero-order valence-electron chi connectivity index (χ0n) is 13.1. The highest BCUT2D eigenvalue weighted by Gasteiger charge is 2.17. The number of aliphatic hydroxyl groups is 1. The van der Waals surface area contributed by atoms with Crippen LogP contribution in [0.4, 0.5) is 4.39 Å². The molecule has 0 aromatic heterocycles. The molecule has 0 saturated heterocycles. The first-order valence-electron chi connectivity index (χ1n) is 7.04. The molecular weight excluding hydrogens is 325 g/mol. The molecule has 23 heavy (non-hydrogen) atoms. The molecule has 1 rings (SSSR count).